The molecule has 0 bridgehead atoms. The number of nitrogens with one attached hydrogen (secondary N) is 3. The molecular weight excluding hydrogens is 442 g/mol. The van der Waals surface area contributed by atoms with E-state index in [1.165, 1.54) is 6.92 Å². The molecule has 13 heteroatoms. The van der Waals surface area contributed by atoms with E-state index in [-0.39, 0.29) is 10.7 Å². The van der Waals surface area contributed by atoms with E-state index in [2.05, 4.69) is 16.2 Å². The van der Waals surface area contributed by atoms with Gasteiger partial charge in [-0.3, -0.25) is 46.0 Å². The Labute approximate surface area is 187 Å². The molecule has 1 unspecified atom stereocenters. The molecule has 2 rings (SSSR count). The van der Waals surface area contributed by atoms with Crippen LogP contribution in [0, 0.1) is 34.1 Å². The molecule has 0 saturated carbocycles. The van der Waals surface area contributed by atoms with Crippen molar-refractivity contribution in [1.82, 2.24) is 16.2 Å². The number of aryl methyl sites for hydroxylation is 2. The highest BCUT2D eigenvalue weighted by atomic mass is 32.1. The minimum Gasteiger partial charge on any atom is -0.481 e. The summed E-state index contributed by atoms with van der Waals surface area (Å²) in [5.74, 6) is -1.03. The first-order valence-electron chi connectivity index (χ1n) is 9.07. The lowest BCUT2D eigenvalue weighted by atomic mass is 10.1. The van der Waals surface area contributed by atoms with Crippen molar-refractivity contribution in [2.24, 2.45) is 0 Å². The van der Waals surface area contributed by atoms with E-state index in [9.17, 15) is 29.8 Å². The third-order valence-electron chi connectivity index (χ3n) is 4.27. The second kappa shape index (κ2) is 10.3. The standard InChI is InChI=1S/C19H19N5O7S/c1-10-4-5-16(6-11(10)2)31-12(3)17(25)21-22-19(32)20-18(26)13-7-14(23(27)28)9-15(8-13)24(29)30/h4-9,12H,1-3H3,(H,21,25)(H2,20,22,26,32). The van der Waals surface area contributed by atoms with Crippen molar-refractivity contribution in [3.63, 3.8) is 0 Å². The zero-order valence-corrected chi connectivity index (χ0v) is 18.0. The summed E-state index contributed by atoms with van der Waals surface area (Å²) in [6, 6.07) is 7.82. The van der Waals surface area contributed by atoms with E-state index in [4.69, 9.17) is 17.0 Å². The second-order valence-corrected chi connectivity index (χ2v) is 7.06. The number of carbonyl (C=O) groups is 2. The summed E-state index contributed by atoms with van der Waals surface area (Å²) in [7, 11) is 0. The Morgan fingerprint density at radius 1 is 0.969 bits per heavy atom. The normalized spacial score (nSPS) is 11.1. The largest absolute Gasteiger partial charge is 0.481 e. The first-order chi connectivity index (χ1) is 15.0. The van der Waals surface area contributed by atoms with Crippen LogP contribution in [0.4, 0.5) is 11.4 Å². The molecule has 2 aromatic rings. The number of hydrazine groups is 1. The number of carbonyl (C=O) groups excluding carboxylic acids is 2. The Bertz CT molecular complexity index is 1070. The van der Waals surface area contributed by atoms with E-state index >= 15 is 0 Å². The number of non-ortho nitro benzene ring substituents is 2. The Hall–Kier alpha value is -4.13. The van der Waals surface area contributed by atoms with Crippen LogP contribution >= 0.6 is 12.2 Å². The van der Waals surface area contributed by atoms with Crippen molar-refractivity contribution < 1.29 is 24.2 Å². The maximum atomic E-state index is 12.3. The lowest BCUT2D eigenvalue weighted by molar-refractivity contribution is -0.394. The minimum atomic E-state index is -0.942. The number of amides is 2. The monoisotopic (exact) mass is 461 g/mol. The Balaban J connectivity index is 1.95. The number of hydrogen-bond acceptors (Lipinski definition) is 8. The number of ether oxygens (including phenoxy) is 1. The highest BCUT2D eigenvalue weighted by molar-refractivity contribution is 7.80. The quantitative estimate of drug-likeness (QED) is 0.332. The molecule has 3 N–H and O–H groups in total. The zero-order valence-electron chi connectivity index (χ0n) is 17.2. The summed E-state index contributed by atoms with van der Waals surface area (Å²) in [4.78, 5) is 44.6. The first kappa shape index (κ1) is 24.1. The van der Waals surface area contributed by atoms with E-state index in [0.717, 1.165) is 29.3 Å². The topological polar surface area (TPSA) is 166 Å². The summed E-state index contributed by atoms with van der Waals surface area (Å²) in [6.07, 6.45) is -0.900. The molecule has 2 aromatic carbocycles. The third kappa shape index (κ3) is 6.43. The van der Waals surface area contributed by atoms with E-state index in [1.54, 1.807) is 12.1 Å². The molecule has 12 nitrogen and oxygen atoms in total. The van der Waals surface area contributed by atoms with Gasteiger partial charge in [-0.25, -0.2) is 0 Å². The van der Waals surface area contributed by atoms with Crippen molar-refractivity contribution in [2.75, 3.05) is 0 Å². The van der Waals surface area contributed by atoms with Gasteiger partial charge in [0.15, 0.2) is 11.2 Å². The fourth-order valence-corrected chi connectivity index (χ4v) is 2.55. The lowest BCUT2D eigenvalue weighted by Crippen LogP contribution is -2.51. The summed E-state index contributed by atoms with van der Waals surface area (Å²) < 4.78 is 5.56. The number of benzene rings is 2. The Morgan fingerprint density at radius 3 is 2.09 bits per heavy atom. The highest BCUT2D eigenvalue weighted by Gasteiger charge is 2.21. The molecule has 168 valence electrons. The predicted molar refractivity (Wildman–Crippen MR) is 117 cm³/mol. The molecular formula is C19H19N5O7S. The number of hydrogen-bond donors (Lipinski definition) is 3. The molecule has 0 fully saturated rings. The van der Waals surface area contributed by atoms with Gasteiger partial charge in [0.2, 0.25) is 0 Å². The van der Waals surface area contributed by atoms with Gasteiger partial charge in [-0.05, 0) is 56.2 Å². The zero-order chi connectivity index (χ0) is 24.0. The number of rotatable bonds is 6. The van der Waals surface area contributed by atoms with Gasteiger partial charge in [0.1, 0.15) is 5.75 Å². The minimum absolute atomic E-state index is 0.337. The second-order valence-electron chi connectivity index (χ2n) is 6.66. The van der Waals surface area contributed by atoms with Crippen molar-refractivity contribution in [3.05, 3.63) is 73.3 Å². The van der Waals surface area contributed by atoms with Crippen molar-refractivity contribution in [3.8, 4) is 5.75 Å². The van der Waals surface area contributed by atoms with Gasteiger partial charge in [0, 0.05) is 12.1 Å². The molecule has 2 amide bonds. The predicted octanol–water partition coefficient (Wildman–Crippen LogP) is 2.22. The van der Waals surface area contributed by atoms with Gasteiger partial charge in [-0.2, -0.15) is 0 Å². The molecule has 0 spiro atoms. The average Bonchev–Trinajstić information content (AvgIpc) is 2.74. The third-order valence-corrected chi connectivity index (χ3v) is 4.48. The SMILES string of the molecule is Cc1ccc(OC(C)C(=O)NNC(=S)NC(=O)c2cc([N+](=O)[O-])cc([N+](=O)[O-])c2)cc1C. The summed E-state index contributed by atoms with van der Waals surface area (Å²) >= 11 is 4.90. The van der Waals surface area contributed by atoms with Crippen LogP contribution in [0.25, 0.3) is 0 Å². The van der Waals surface area contributed by atoms with Crippen molar-refractivity contribution in [1.29, 1.82) is 0 Å². The van der Waals surface area contributed by atoms with E-state index < -0.39 is 39.1 Å². The molecule has 0 aliphatic heterocycles. The smallest absolute Gasteiger partial charge is 0.279 e. The fraction of sp³-hybridized carbons (Fsp3) is 0.211. The van der Waals surface area contributed by atoms with Crippen LogP contribution in [-0.2, 0) is 4.79 Å². The Kier molecular flexibility index (Phi) is 7.74. The highest BCUT2D eigenvalue weighted by Crippen LogP contribution is 2.22. The van der Waals surface area contributed by atoms with Gasteiger partial charge < -0.3 is 4.74 Å². The van der Waals surface area contributed by atoms with Gasteiger partial charge in [0.05, 0.1) is 21.5 Å². The molecule has 32 heavy (non-hydrogen) atoms. The van der Waals surface area contributed by atoms with E-state index in [0.29, 0.717) is 5.75 Å². The van der Waals surface area contributed by atoms with Crippen LogP contribution in [0.15, 0.2) is 36.4 Å². The average molecular weight is 461 g/mol. The molecule has 0 aliphatic carbocycles. The molecule has 1 atom stereocenters. The molecule has 0 heterocycles. The number of nitro benzene ring substituents is 2. The molecule has 0 radical (unpaired) electrons. The number of nitro groups is 2. The van der Waals surface area contributed by atoms with Crippen LogP contribution in [0.2, 0.25) is 0 Å². The van der Waals surface area contributed by atoms with Gasteiger partial charge in [-0.15, -0.1) is 0 Å². The lowest BCUT2D eigenvalue weighted by Gasteiger charge is -2.17. The van der Waals surface area contributed by atoms with Crippen molar-refractivity contribution >= 4 is 40.5 Å². The van der Waals surface area contributed by atoms with Crippen LogP contribution in [0.5, 0.6) is 5.75 Å². The van der Waals surface area contributed by atoms with Gasteiger partial charge >= 0.3 is 0 Å². The number of thiocarbonyl (C=S) groups is 1. The van der Waals surface area contributed by atoms with Gasteiger partial charge in [0.25, 0.3) is 23.2 Å². The molecule has 0 saturated heterocycles. The van der Waals surface area contributed by atoms with Crippen LogP contribution in [0.3, 0.4) is 0 Å². The summed E-state index contributed by atoms with van der Waals surface area (Å²) in [5.41, 5.74) is 5.01. The fourth-order valence-electron chi connectivity index (χ4n) is 2.41. The van der Waals surface area contributed by atoms with E-state index in [1.807, 2.05) is 19.9 Å². The molecule has 0 aliphatic rings. The maximum Gasteiger partial charge on any atom is 0.279 e. The maximum absolute atomic E-state index is 12.3. The van der Waals surface area contributed by atoms with Crippen LogP contribution in [-0.4, -0.2) is 32.9 Å². The summed E-state index contributed by atoms with van der Waals surface area (Å²) in [6.45, 7) is 5.36. The van der Waals surface area contributed by atoms with Gasteiger partial charge in [-0.1, -0.05) is 6.07 Å². The first-order valence-corrected chi connectivity index (χ1v) is 9.47. The summed E-state index contributed by atoms with van der Waals surface area (Å²) in [5, 5.41) is 23.7. The Morgan fingerprint density at radius 2 is 1.56 bits per heavy atom. The molecule has 0 aromatic heterocycles. The van der Waals surface area contributed by atoms with Crippen LogP contribution in [0.1, 0.15) is 28.4 Å². The number of nitrogens with zero attached hydrogens (tertiary/aromatic N) is 2. The van der Waals surface area contributed by atoms with Crippen molar-refractivity contribution in [2.45, 2.75) is 26.9 Å². The van der Waals surface area contributed by atoms with Crippen LogP contribution < -0.4 is 20.9 Å².